The molecule has 1 aliphatic rings. The minimum Gasteiger partial charge on any atom is -0.432 e. The maximum absolute atomic E-state index is 11.5. The number of carbonyl (C=O) groups is 2. The second-order valence-corrected chi connectivity index (χ2v) is 11.1. The zero-order valence-corrected chi connectivity index (χ0v) is 13.0. The van der Waals surface area contributed by atoms with Crippen LogP contribution in [0.5, 0.6) is 0 Å². The van der Waals surface area contributed by atoms with Gasteiger partial charge < -0.3 is 14.9 Å². The van der Waals surface area contributed by atoms with Gasteiger partial charge in [-0.2, -0.15) is 0 Å². The molecular weight excluding hydrogens is 246 g/mol. The highest BCUT2D eigenvalue weighted by Gasteiger charge is 2.44. The first-order valence-corrected chi connectivity index (χ1v) is 9.53. The zero-order chi connectivity index (χ0) is 14.1. The van der Waals surface area contributed by atoms with Gasteiger partial charge in [0, 0.05) is 12.0 Å². The van der Waals surface area contributed by atoms with Gasteiger partial charge in [-0.25, -0.2) is 0 Å². The molecule has 1 fully saturated rings. The van der Waals surface area contributed by atoms with Gasteiger partial charge in [-0.05, 0) is 31.0 Å². The van der Waals surface area contributed by atoms with Crippen LogP contribution in [0.4, 0.5) is 0 Å². The molecule has 18 heavy (non-hydrogen) atoms. The Kier molecular flexibility index (Phi) is 4.38. The van der Waals surface area contributed by atoms with Crippen molar-refractivity contribution in [1.29, 1.82) is 0 Å². The summed E-state index contributed by atoms with van der Waals surface area (Å²) in [6.07, 6.45) is 2.47. The topological polar surface area (TPSA) is 66.4 Å². The fraction of sp³-hybridized carbons (Fsp3) is 0.846. The number of rotatable bonds is 6. The maximum atomic E-state index is 11.5. The van der Waals surface area contributed by atoms with E-state index in [1.54, 1.807) is 0 Å². The zero-order valence-electron chi connectivity index (χ0n) is 12.0. The summed E-state index contributed by atoms with van der Waals surface area (Å²) in [6.45, 7) is 9.82. The van der Waals surface area contributed by atoms with E-state index in [1.165, 1.54) is 0 Å². The monoisotopic (exact) mass is 271 g/mol. The average molecular weight is 271 g/mol. The normalized spacial score (nSPS) is 26.2. The van der Waals surface area contributed by atoms with E-state index in [2.05, 4.69) is 19.2 Å². The number of hydrogen-bond donors (Lipinski definition) is 2. The number of aldehydes is 1. The minimum atomic E-state index is -2.22. The molecule has 0 aromatic rings. The van der Waals surface area contributed by atoms with Crippen molar-refractivity contribution in [2.75, 3.05) is 0 Å². The fourth-order valence-corrected chi connectivity index (χ4v) is 2.91. The molecule has 5 heteroatoms. The van der Waals surface area contributed by atoms with Crippen molar-refractivity contribution in [2.24, 2.45) is 11.8 Å². The number of carbonyl (C=O) groups excluding carboxylic acids is 2. The van der Waals surface area contributed by atoms with Crippen LogP contribution in [-0.2, 0) is 9.59 Å². The summed E-state index contributed by atoms with van der Waals surface area (Å²) in [5, 5.41) is 2.68. The number of nitrogens with one attached hydrogen (secondary N) is 1. The van der Waals surface area contributed by atoms with Crippen molar-refractivity contribution in [2.45, 2.75) is 57.8 Å². The van der Waals surface area contributed by atoms with E-state index in [-0.39, 0.29) is 28.8 Å². The lowest BCUT2D eigenvalue weighted by Crippen LogP contribution is -2.61. The first-order chi connectivity index (χ1) is 8.10. The molecule has 0 aromatic heterocycles. The lowest BCUT2D eigenvalue weighted by atomic mass is 9.78. The molecule has 0 saturated carbocycles. The van der Waals surface area contributed by atoms with Gasteiger partial charge in [-0.3, -0.25) is 4.79 Å². The minimum absolute atomic E-state index is 0.0192. The van der Waals surface area contributed by atoms with Crippen LogP contribution in [0.3, 0.4) is 0 Å². The highest BCUT2D eigenvalue weighted by Crippen LogP contribution is 2.42. The molecule has 3 atom stereocenters. The Hall–Kier alpha value is -0.683. The van der Waals surface area contributed by atoms with Gasteiger partial charge in [-0.1, -0.05) is 20.8 Å². The SMILES string of the molecule is C[C@@H](C=O)[C@H]1NC(=O)[C@@H]1CCC(C)(C)[Si](C)(C)O. The van der Waals surface area contributed by atoms with Crippen LogP contribution in [0, 0.1) is 11.8 Å². The molecule has 1 rings (SSSR count). The molecule has 0 bridgehead atoms. The fourth-order valence-electron chi connectivity index (χ4n) is 2.15. The lowest BCUT2D eigenvalue weighted by Gasteiger charge is -2.42. The summed E-state index contributed by atoms with van der Waals surface area (Å²) >= 11 is 0. The highest BCUT2D eigenvalue weighted by atomic mass is 28.4. The van der Waals surface area contributed by atoms with E-state index in [4.69, 9.17) is 0 Å². The summed E-state index contributed by atoms with van der Waals surface area (Å²) in [7, 11) is -2.22. The smallest absolute Gasteiger partial charge is 0.225 e. The molecule has 1 saturated heterocycles. The molecule has 2 N–H and O–H groups in total. The molecular formula is C13H25NO3Si. The average Bonchev–Trinajstić information content (AvgIpc) is 2.23. The lowest BCUT2D eigenvalue weighted by molar-refractivity contribution is -0.138. The summed E-state index contributed by atoms with van der Waals surface area (Å²) in [5.74, 6) is -0.155. The Balaban J connectivity index is 2.58. The maximum Gasteiger partial charge on any atom is 0.225 e. The standard InChI is InChI=1S/C13H25NO3Si/c1-9(8-15)11-10(12(16)14-11)6-7-13(2,3)18(4,5)17/h8-11,17H,6-7H2,1-5H3,(H,14,16)/t9-,10+,11+/m0/s1. The third-order valence-corrected chi connectivity index (χ3v) is 8.16. The van der Waals surface area contributed by atoms with Gasteiger partial charge in [0.2, 0.25) is 5.91 Å². The Morgan fingerprint density at radius 2 is 2.06 bits per heavy atom. The molecule has 1 amide bonds. The van der Waals surface area contributed by atoms with Gasteiger partial charge in [0.15, 0.2) is 8.32 Å². The van der Waals surface area contributed by atoms with Crippen molar-refractivity contribution in [3.8, 4) is 0 Å². The van der Waals surface area contributed by atoms with Crippen molar-refractivity contribution in [1.82, 2.24) is 5.32 Å². The van der Waals surface area contributed by atoms with Crippen LogP contribution in [0.25, 0.3) is 0 Å². The van der Waals surface area contributed by atoms with E-state index in [0.29, 0.717) is 0 Å². The van der Waals surface area contributed by atoms with E-state index in [0.717, 1.165) is 19.1 Å². The predicted octanol–water partition coefficient (Wildman–Crippen LogP) is 1.69. The molecule has 1 aliphatic heterocycles. The second-order valence-electron chi connectivity index (χ2n) is 6.62. The molecule has 0 unspecified atom stereocenters. The van der Waals surface area contributed by atoms with Gasteiger partial charge in [0.25, 0.3) is 0 Å². The van der Waals surface area contributed by atoms with Crippen LogP contribution in [-0.4, -0.2) is 31.3 Å². The molecule has 4 nitrogen and oxygen atoms in total. The van der Waals surface area contributed by atoms with E-state index < -0.39 is 8.32 Å². The number of hydrogen-bond acceptors (Lipinski definition) is 3. The number of amides is 1. The second kappa shape index (κ2) is 5.13. The number of β-lactam (4-membered cyclic amide) rings is 1. The van der Waals surface area contributed by atoms with Gasteiger partial charge in [0.05, 0.1) is 5.92 Å². The first-order valence-electron chi connectivity index (χ1n) is 6.58. The Morgan fingerprint density at radius 3 is 2.44 bits per heavy atom. The van der Waals surface area contributed by atoms with Crippen molar-refractivity contribution >= 4 is 20.5 Å². The molecule has 0 aromatic carbocycles. The van der Waals surface area contributed by atoms with Crippen LogP contribution in [0.1, 0.15) is 33.6 Å². The van der Waals surface area contributed by atoms with Gasteiger partial charge in [0.1, 0.15) is 6.29 Å². The first kappa shape index (κ1) is 15.4. The molecule has 0 radical (unpaired) electrons. The quantitative estimate of drug-likeness (QED) is 0.439. The summed E-state index contributed by atoms with van der Waals surface area (Å²) in [5.41, 5.74) is 0. The van der Waals surface area contributed by atoms with Crippen LogP contribution < -0.4 is 5.32 Å². The molecule has 0 aliphatic carbocycles. The van der Waals surface area contributed by atoms with E-state index >= 15 is 0 Å². The van der Waals surface area contributed by atoms with Crippen molar-refractivity contribution < 1.29 is 14.4 Å². The Bertz CT molecular complexity index is 336. The molecule has 0 spiro atoms. The Labute approximate surface area is 110 Å². The predicted molar refractivity (Wildman–Crippen MR) is 73.6 cm³/mol. The van der Waals surface area contributed by atoms with E-state index in [1.807, 2.05) is 20.0 Å². The van der Waals surface area contributed by atoms with Gasteiger partial charge in [-0.15, -0.1) is 0 Å². The van der Waals surface area contributed by atoms with Crippen LogP contribution in [0.15, 0.2) is 0 Å². The summed E-state index contributed by atoms with van der Waals surface area (Å²) in [4.78, 5) is 32.5. The molecule has 1 heterocycles. The summed E-state index contributed by atoms with van der Waals surface area (Å²) < 4.78 is 0. The third kappa shape index (κ3) is 3.01. The van der Waals surface area contributed by atoms with Crippen LogP contribution >= 0.6 is 0 Å². The Morgan fingerprint density at radius 1 is 1.50 bits per heavy atom. The highest BCUT2D eigenvalue weighted by molar-refractivity contribution is 6.72. The van der Waals surface area contributed by atoms with E-state index in [9.17, 15) is 14.4 Å². The van der Waals surface area contributed by atoms with Crippen molar-refractivity contribution in [3.63, 3.8) is 0 Å². The van der Waals surface area contributed by atoms with Gasteiger partial charge >= 0.3 is 0 Å². The van der Waals surface area contributed by atoms with Crippen LogP contribution in [0.2, 0.25) is 18.1 Å². The largest absolute Gasteiger partial charge is 0.432 e. The van der Waals surface area contributed by atoms with Crippen molar-refractivity contribution in [3.05, 3.63) is 0 Å². The summed E-state index contributed by atoms with van der Waals surface area (Å²) in [6, 6.07) is -0.0192. The third-order valence-electron chi connectivity index (χ3n) is 4.60. The molecule has 104 valence electrons.